The Labute approximate surface area is 123 Å². The number of para-hydroxylation sites is 1. The van der Waals surface area contributed by atoms with Crippen molar-refractivity contribution in [3.63, 3.8) is 0 Å². The average molecular weight is 283 g/mol. The van der Waals surface area contributed by atoms with Crippen LogP contribution in [-0.2, 0) is 0 Å². The fourth-order valence-electron chi connectivity index (χ4n) is 1.87. The first-order chi connectivity index (χ1) is 9.81. The molecule has 102 valence electrons. The molecule has 0 aliphatic heterocycles. The molecule has 0 aliphatic rings. The van der Waals surface area contributed by atoms with Crippen molar-refractivity contribution < 1.29 is 4.79 Å². The van der Waals surface area contributed by atoms with Gasteiger partial charge in [-0.05, 0) is 18.4 Å². The second-order valence-electron chi connectivity index (χ2n) is 4.41. The van der Waals surface area contributed by atoms with Crippen molar-refractivity contribution >= 4 is 29.4 Å². The maximum Gasteiger partial charge on any atom is 0.172 e. The van der Waals surface area contributed by atoms with Crippen LogP contribution in [0.4, 0.5) is 5.69 Å². The summed E-state index contributed by atoms with van der Waals surface area (Å²) in [6.07, 6.45) is 3.77. The smallest absolute Gasteiger partial charge is 0.172 e. The largest absolute Gasteiger partial charge is 0.293 e. The summed E-state index contributed by atoms with van der Waals surface area (Å²) in [5.41, 5.74) is 1.62. The fraction of sp³-hybridized carbons (Fsp3) is 0.176. The van der Waals surface area contributed by atoms with Gasteiger partial charge in [0.05, 0.1) is 11.6 Å². The lowest BCUT2D eigenvalue weighted by atomic mass is 10.0. The first-order valence-electron chi connectivity index (χ1n) is 6.48. The lowest BCUT2D eigenvalue weighted by Crippen LogP contribution is -2.18. The van der Waals surface area contributed by atoms with Gasteiger partial charge in [0.25, 0.3) is 0 Å². The molecular weight excluding hydrogens is 266 g/mol. The number of carbonyl (C=O) groups excluding carboxylic acids is 1. The summed E-state index contributed by atoms with van der Waals surface area (Å²) in [6, 6.07) is 19.1. The average Bonchev–Trinajstić information content (AvgIpc) is 2.52. The highest BCUT2D eigenvalue weighted by Crippen LogP contribution is 2.15. The van der Waals surface area contributed by atoms with Crippen molar-refractivity contribution in [2.75, 3.05) is 12.0 Å². The number of carbonyl (C=O) groups is 1. The number of nitrogens with zero attached hydrogens (tertiary/aromatic N) is 1. The number of Topliss-reactive ketones (excluding diaryl/α,β-unsaturated/α-hetero) is 1. The third-order valence-electron chi connectivity index (χ3n) is 2.90. The summed E-state index contributed by atoms with van der Waals surface area (Å²) in [5.74, 6) is 0.677. The highest BCUT2D eigenvalue weighted by molar-refractivity contribution is 7.98. The van der Waals surface area contributed by atoms with Crippen molar-refractivity contribution in [2.24, 2.45) is 10.9 Å². The van der Waals surface area contributed by atoms with E-state index < -0.39 is 0 Å². The van der Waals surface area contributed by atoms with Crippen molar-refractivity contribution in [1.29, 1.82) is 0 Å². The van der Waals surface area contributed by atoms with Crippen molar-refractivity contribution in [3.8, 4) is 0 Å². The minimum atomic E-state index is -0.187. The van der Waals surface area contributed by atoms with Crippen LogP contribution in [0.15, 0.2) is 65.7 Å². The Balaban J connectivity index is 2.15. The predicted molar refractivity (Wildman–Crippen MR) is 87.2 cm³/mol. The molecule has 0 heterocycles. The van der Waals surface area contributed by atoms with E-state index in [1.807, 2.05) is 66.9 Å². The molecule has 0 bridgehead atoms. The zero-order chi connectivity index (χ0) is 14.2. The van der Waals surface area contributed by atoms with E-state index in [1.54, 1.807) is 18.0 Å². The minimum absolute atomic E-state index is 0.125. The second-order valence-corrected chi connectivity index (χ2v) is 5.32. The fourth-order valence-corrected chi connectivity index (χ4v) is 2.47. The molecule has 3 heteroatoms. The summed E-state index contributed by atoms with van der Waals surface area (Å²) in [6.45, 7) is 0. The van der Waals surface area contributed by atoms with E-state index in [2.05, 4.69) is 4.99 Å². The third-order valence-corrected chi connectivity index (χ3v) is 3.59. The monoisotopic (exact) mass is 283 g/mol. The van der Waals surface area contributed by atoms with Gasteiger partial charge in [-0.2, -0.15) is 11.8 Å². The summed E-state index contributed by atoms with van der Waals surface area (Å²) in [5, 5.41) is 0. The standard InChI is InChI=1S/C17H17NOS/c1-20-13-15(12-18-16-10-6-3-7-11-16)17(19)14-8-4-2-5-9-14/h2-12,15H,13H2,1H3. The Hall–Kier alpha value is -1.87. The molecule has 0 fully saturated rings. The molecule has 0 saturated carbocycles. The first-order valence-corrected chi connectivity index (χ1v) is 7.88. The Morgan fingerprint density at radius 2 is 1.70 bits per heavy atom. The SMILES string of the molecule is CSCC(C=Nc1ccccc1)C(=O)c1ccccc1. The van der Waals surface area contributed by atoms with Gasteiger partial charge < -0.3 is 0 Å². The van der Waals surface area contributed by atoms with E-state index in [-0.39, 0.29) is 11.7 Å². The Bertz CT molecular complexity index is 566. The number of hydrogen-bond acceptors (Lipinski definition) is 3. The van der Waals surface area contributed by atoms with Gasteiger partial charge in [-0.1, -0.05) is 48.5 Å². The summed E-state index contributed by atoms with van der Waals surface area (Å²) < 4.78 is 0. The van der Waals surface area contributed by atoms with Crippen LogP contribution in [0.5, 0.6) is 0 Å². The molecule has 0 N–H and O–H groups in total. The molecule has 1 unspecified atom stereocenters. The molecule has 0 saturated heterocycles. The van der Waals surface area contributed by atoms with Gasteiger partial charge in [0.15, 0.2) is 5.78 Å². The van der Waals surface area contributed by atoms with E-state index in [1.165, 1.54) is 0 Å². The van der Waals surface area contributed by atoms with Gasteiger partial charge in [0.2, 0.25) is 0 Å². The number of ketones is 1. The number of hydrogen-bond donors (Lipinski definition) is 0. The normalized spacial score (nSPS) is 12.4. The van der Waals surface area contributed by atoms with Crippen LogP contribution in [0, 0.1) is 5.92 Å². The summed E-state index contributed by atoms with van der Waals surface area (Å²) >= 11 is 1.66. The highest BCUT2D eigenvalue weighted by atomic mass is 32.2. The quantitative estimate of drug-likeness (QED) is 0.586. The van der Waals surface area contributed by atoms with Crippen molar-refractivity contribution in [1.82, 2.24) is 0 Å². The molecule has 2 rings (SSSR count). The van der Waals surface area contributed by atoms with E-state index in [9.17, 15) is 4.79 Å². The van der Waals surface area contributed by atoms with Crippen LogP contribution in [-0.4, -0.2) is 24.0 Å². The van der Waals surface area contributed by atoms with Crippen LogP contribution in [0.3, 0.4) is 0 Å². The van der Waals surface area contributed by atoms with Gasteiger partial charge in [-0.25, -0.2) is 0 Å². The topological polar surface area (TPSA) is 29.4 Å². The Morgan fingerprint density at radius 3 is 2.30 bits per heavy atom. The lowest BCUT2D eigenvalue weighted by molar-refractivity contribution is 0.0965. The van der Waals surface area contributed by atoms with E-state index in [4.69, 9.17) is 0 Å². The third kappa shape index (κ3) is 4.07. The van der Waals surface area contributed by atoms with E-state index in [0.717, 1.165) is 17.0 Å². The molecule has 0 radical (unpaired) electrons. The van der Waals surface area contributed by atoms with Crippen molar-refractivity contribution in [3.05, 3.63) is 66.2 Å². The van der Waals surface area contributed by atoms with Crippen LogP contribution < -0.4 is 0 Å². The summed E-state index contributed by atoms with van der Waals surface area (Å²) in [7, 11) is 0. The molecule has 0 aromatic heterocycles. The molecule has 2 aromatic carbocycles. The van der Waals surface area contributed by atoms with Crippen LogP contribution in [0.25, 0.3) is 0 Å². The zero-order valence-corrected chi connectivity index (χ0v) is 12.2. The first kappa shape index (κ1) is 14.5. The van der Waals surface area contributed by atoms with Gasteiger partial charge in [-0.15, -0.1) is 0 Å². The van der Waals surface area contributed by atoms with Crippen molar-refractivity contribution in [2.45, 2.75) is 0 Å². The maximum atomic E-state index is 12.5. The Morgan fingerprint density at radius 1 is 1.10 bits per heavy atom. The minimum Gasteiger partial charge on any atom is -0.293 e. The molecule has 0 spiro atoms. The predicted octanol–water partition coefficient (Wildman–Crippen LogP) is 4.25. The van der Waals surface area contributed by atoms with Gasteiger partial charge in [0, 0.05) is 17.5 Å². The van der Waals surface area contributed by atoms with Crippen LogP contribution in [0.1, 0.15) is 10.4 Å². The molecule has 0 amide bonds. The number of aliphatic imine (C=N–C) groups is 1. The number of thioether (sulfide) groups is 1. The molecule has 20 heavy (non-hydrogen) atoms. The number of rotatable bonds is 6. The van der Waals surface area contributed by atoms with Crippen LogP contribution in [0.2, 0.25) is 0 Å². The lowest BCUT2D eigenvalue weighted by Gasteiger charge is -2.09. The molecule has 0 aliphatic carbocycles. The van der Waals surface area contributed by atoms with E-state index >= 15 is 0 Å². The zero-order valence-electron chi connectivity index (χ0n) is 11.4. The molecule has 2 nitrogen and oxygen atoms in total. The van der Waals surface area contributed by atoms with Gasteiger partial charge in [0.1, 0.15) is 0 Å². The molecule has 1 atom stereocenters. The Kier molecular flexibility index (Phi) is 5.56. The summed E-state index contributed by atoms with van der Waals surface area (Å²) in [4.78, 5) is 16.9. The highest BCUT2D eigenvalue weighted by Gasteiger charge is 2.17. The second kappa shape index (κ2) is 7.65. The van der Waals surface area contributed by atoms with Gasteiger partial charge >= 0.3 is 0 Å². The van der Waals surface area contributed by atoms with Gasteiger partial charge in [-0.3, -0.25) is 9.79 Å². The maximum absolute atomic E-state index is 12.5. The van der Waals surface area contributed by atoms with Crippen LogP contribution >= 0.6 is 11.8 Å². The molecular formula is C17H17NOS. The van der Waals surface area contributed by atoms with E-state index in [0.29, 0.717) is 0 Å². The number of benzene rings is 2. The molecule has 2 aromatic rings.